The molecule has 2 rings (SSSR count). The van der Waals surface area contributed by atoms with Crippen LogP contribution in [0.3, 0.4) is 0 Å². The maximum Gasteiger partial charge on any atom is 0.190 e. The number of nitrogens with zero attached hydrogens (tertiary/aromatic N) is 1. The highest BCUT2D eigenvalue weighted by Crippen LogP contribution is 2.21. The first-order chi connectivity index (χ1) is 12.7. The van der Waals surface area contributed by atoms with Crippen molar-refractivity contribution in [3.63, 3.8) is 0 Å². The van der Waals surface area contributed by atoms with Crippen molar-refractivity contribution < 1.29 is 14.2 Å². The first-order valence-electron chi connectivity index (χ1n) is 9.22. The van der Waals surface area contributed by atoms with E-state index in [4.69, 9.17) is 25.8 Å². The van der Waals surface area contributed by atoms with Crippen LogP contribution in [0.4, 0.5) is 0 Å². The average Bonchev–Trinajstić information content (AvgIpc) is 3.14. The summed E-state index contributed by atoms with van der Waals surface area (Å²) in [6.07, 6.45) is 3.11. The molecule has 1 aromatic rings. The van der Waals surface area contributed by atoms with Gasteiger partial charge in [-0.3, -0.25) is 4.99 Å². The number of guanidine groups is 1. The lowest BCUT2D eigenvalue weighted by atomic mass is 10.2. The van der Waals surface area contributed by atoms with Gasteiger partial charge in [0.2, 0.25) is 0 Å². The fraction of sp³-hybridized carbons (Fsp3) is 0.632. The zero-order valence-corrected chi connectivity index (χ0v) is 19.2. The number of ether oxygens (including phenoxy) is 3. The van der Waals surface area contributed by atoms with Crippen LogP contribution in [0, 0.1) is 6.92 Å². The number of halogens is 2. The maximum absolute atomic E-state index is 5.95. The van der Waals surface area contributed by atoms with Crippen LogP contribution in [0.2, 0.25) is 5.02 Å². The highest BCUT2D eigenvalue weighted by molar-refractivity contribution is 14.0. The summed E-state index contributed by atoms with van der Waals surface area (Å²) in [6.45, 7) is 6.55. The quantitative estimate of drug-likeness (QED) is 0.218. The number of rotatable bonds is 10. The molecule has 0 spiro atoms. The zero-order chi connectivity index (χ0) is 18.6. The van der Waals surface area contributed by atoms with Gasteiger partial charge in [0.15, 0.2) is 5.96 Å². The lowest BCUT2D eigenvalue weighted by Gasteiger charge is -2.14. The molecule has 0 aliphatic carbocycles. The molecule has 8 heteroatoms. The molecule has 0 aromatic heterocycles. The topological polar surface area (TPSA) is 64.1 Å². The number of aliphatic imine (C=N–C) groups is 1. The van der Waals surface area contributed by atoms with Crippen LogP contribution in [-0.2, 0) is 9.47 Å². The van der Waals surface area contributed by atoms with Crippen LogP contribution in [0.1, 0.15) is 24.8 Å². The highest BCUT2D eigenvalue weighted by Gasteiger charge is 2.15. The van der Waals surface area contributed by atoms with Crippen LogP contribution in [0.5, 0.6) is 5.75 Å². The smallest absolute Gasteiger partial charge is 0.190 e. The summed E-state index contributed by atoms with van der Waals surface area (Å²) in [5.41, 5.74) is 1.05. The highest BCUT2D eigenvalue weighted by atomic mass is 127. The molecular weight excluding hydrogens is 481 g/mol. The van der Waals surface area contributed by atoms with Crippen LogP contribution in [0.25, 0.3) is 0 Å². The van der Waals surface area contributed by atoms with E-state index < -0.39 is 0 Å². The third-order valence-corrected chi connectivity index (χ3v) is 4.32. The first-order valence-corrected chi connectivity index (χ1v) is 9.59. The average molecular weight is 512 g/mol. The van der Waals surface area contributed by atoms with E-state index in [0.29, 0.717) is 6.61 Å². The lowest BCUT2D eigenvalue weighted by molar-refractivity contribution is 0.0420. The van der Waals surface area contributed by atoms with E-state index in [2.05, 4.69) is 15.6 Å². The molecule has 27 heavy (non-hydrogen) atoms. The monoisotopic (exact) mass is 511 g/mol. The molecule has 1 aliphatic rings. The van der Waals surface area contributed by atoms with E-state index in [1.165, 1.54) is 0 Å². The predicted molar refractivity (Wildman–Crippen MR) is 121 cm³/mol. The fourth-order valence-corrected chi connectivity index (χ4v) is 2.86. The summed E-state index contributed by atoms with van der Waals surface area (Å²) in [7, 11) is 1.77. The van der Waals surface area contributed by atoms with Crippen molar-refractivity contribution in [1.29, 1.82) is 0 Å². The van der Waals surface area contributed by atoms with Crippen molar-refractivity contribution in [2.75, 3.05) is 46.6 Å². The summed E-state index contributed by atoms with van der Waals surface area (Å²) in [5.74, 6) is 1.68. The van der Waals surface area contributed by atoms with Crippen molar-refractivity contribution in [2.45, 2.75) is 32.3 Å². The van der Waals surface area contributed by atoms with E-state index >= 15 is 0 Å². The molecule has 1 saturated heterocycles. The molecule has 1 aromatic carbocycles. The molecule has 0 radical (unpaired) electrons. The second-order valence-electron chi connectivity index (χ2n) is 6.25. The Morgan fingerprint density at radius 1 is 1.26 bits per heavy atom. The maximum atomic E-state index is 5.95. The Labute approximate surface area is 184 Å². The molecule has 2 N–H and O–H groups in total. The van der Waals surface area contributed by atoms with E-state index in [1.54, 1.807) is 7.05 Å². The predicted octanol–water partition coefficient (Wildman–Crippen LogP) is 3.40. The zero-order valence-electron chi connectivity index (χ0n) is 16.1. The standard InChI is InChI=1S/C19H30ClN3O3.HI/c1-15-13-16(20)5-6-18(15)26-11-4-9-23-19(21-2)22-8-3-10-25-17-7-12-24-14-17;/h5-6,13,17H,3-4,7-12,14H2,1-2H3,(H2,21,22,23);1H. The van der Waals surface area contributed by atoms with Gasteiger partial charge in [-0.1, -0.05) is 11.6 Å². The fourth-order valence-electron chi connectivity index (χ4n) is 2.63. The molecule has 0 bridgehead atoms. The summed E-state index contributed by atoms with van der Waals surface area (Å²) < 4.78 is 16.8. The number of nitrogens with one attached hydrogen (secondary N) is 2. The van der Waals surface area contributed by atoms with Crippen molar-refractivity contribution >= 4 is 41.5 Å². The van der Waals surface area contributed by atoms with Crippen molar-refractivity contribution in [3.05, 3.63) is 28.8 Å². The minimum Gasteiger partial charge on any atom is -0.493 e. The Bertz CT molecular complexity index is 569. The third-order valence-electron chi connectivity index (χ3n) is 4.09. The van der Waals surface area contributed by atoms with Gasteiger partial charge in [0.25, 0.3) is 0 Å². The second-order valence-corrected chi connectivity index (χ2v) is 6.68. The van der Waals surface area contributed by atoms with E-state index in [9.17, 15) is 0 Å². The van der Waals surface area contributed by atoms with E-state index in [-0.39, 0.29) is 30.1 Å². The Balaban J connectivity index is 0.00000364. The largest absolute Gasteiger partial charge is 0.493 e. The van der Waals surface area contributed by atoms with Gasteiger partial charge < -0.3 is 24.8 Å². The van der Waals surface area contributed by atoms with Crippen molar-refractivity contribution in [2.24, 2.45) is 4.99 Å². The number of hydrogen-bond acceptors (Lipinski definition) is 4. The van der Waals surface area contributed by atoms with Gasteiger partial charge in [0, 0.05) is 38.4 Å². The number of hydrogen-bond donors (Lipinski definition) is 2. The van der Waals surface area contributed by atoms with Crippen molar-refractivity contribution in [1.82, 2.24) is 10.6 Å². The van der Waals surface area contributed by atoms with Crippen LogP contribution < -0.4 is 15.4 Å². The third kappa shape index (κ3) is 9.82. The molecule has 1 atom stereocenters. The van der Waals surface area contributed by atoms with Gasteiger partial charge in [-0.05, 0) is 49.9 Å². The molecular formula is C19H31ClIN3O3. The summed E-state index contributed by atoms with van der Waals surface area (Å²) in [6, 6.07) is 5.66. The molecule has 6 nitrogen and oxygen atoms in total. The Kier molecular flexibility index (Phi) is 12.8. The molecule has 1 unspecified atom stereocenters. The summed E-state index contributed by atoms with van der Waals surface area (Å²) in [4.78, 5) is 4.22. The molecule has 0 amide bonds. The van der Waals surface area contributed by atoms with Crippen LogP contribution in [0.15, 0.2) is 23.2 Å². The van der Waals surface area contributed by atoms with E-state index in [1.807, 2.05) is 25.1 Å². The first kappa shape index (κ1) is 24.3. The normalized spacial score (nSPS) is 16.7. The Hall–Kier alpha value is -0.770. The molecule has 0 saturated carbocycles. The molecule has 154 valence electrons. The Morgan fingerprint density at radius 3 is 2.63 bits per heavy atom. The van der Waals surface area contributed by atoms with Gasteiger partial charge in [-0.2, -0.15) is 0 Å². The van der Waals surface area contributed by atoms with Gasteiger partial charge in [0.05, 0.1) is 19.3 Å². The van der Waals surface area contributed by atoms with Gasteiger partial charge in [0.1, 0.15) is 5.75 Å². The molecule has 1 fully saturated rings. The van der Waals surface area contributed by atoms with Crippen molar-refractivity contribution in [3.8, 4) is 5.75 Å². The lowest BCUT2D eigenvalue weighted by Crippen LogP contribution is -2.38. The SMILES string of the molecule is CN=C(NCCCOc1ccc(Cl)cc1C)NCCCOC1CCOC1.I. The minimum absolute atomic E-state index is 0. The van der Waals surface area contributed by atoms with E-state index in [0.717, 1.165) is 74.5 Å². The number of benzene rings is 1. The summed E-state index contributed by atoms with van der Waals surface area (Å²) >= 11 is 5.95. The van der Waals surface area contributed by atoms with Gasteiger partial charge >= 0.3 is 0 Å². The van der Waals surface area contributed by atoms with Gasteiger partial charge in [-0.25, -0.2) is 0 Å². The molecule has 1 aliphatic heterocycles. The number of aryl methyl sites for hydroxylation is 1. The summed E-state index contributed by atoms with van der Waals surface area (Å²) in [5, 5.41) is 7.31. The van der Waals surface area contributed by atoms with Gasteiger partial charge in [-0.15, -0.1) is 24.0 Å². The minimum atomic E-state index is 0. The second kappa shape index (κ2) is 14.3. The van der Waals surface area contributed by atoms with Crippen LogP contribution >= 0.6 is 35.6 Å². The Morgan fingerprint density at radius 2 is 2.00 bits per heavy atom. The molecule has 1 heterocycles. The van der Waals surface area contributed by atoms with Crippen LogP contribution in [-0.4, -0.2) is 58.6 Å².